The highest BCUT2D eigenvalue weighted by Crippen LogP contribution is 2.20. The summed E-state index contributed by atoms with van der Waals surface area (Å²) in [6.45, 7) is 15.5. The van der Waals surface area contributed by atoms with Crippen molar-refractivity contribution in [2.75, 3.05) is 45.9 Å². The number of hydrogen-bond acceptors (Lipinski definition) is 5. The quantitative estimate of drug-likeness (QED) is 0.306. The highest BCUT2D eigenvalue weighted by Gasteiger charge is 2.21. The topological polar surface area (TPSA) is 101 Å². The van der Waals surface area contributed by atoms with E-state index in [4.69, 9.17) is 15.2 Å². The predicted molar refractivity (Wildman–Crippen MR) is 129 cm³/mol. The van der Waals surface area contributed by atoms with E-state index in [-0.39, 0.29) is 6.04 Å². The second-order valence-electron chi connectivity index (χ2n) is 9.48. The first-order valence-electron chi connectivity index (χ1n) is 11.6. The van der Waals surface area contributed by atoms with Gasteiger partial charge in [0, 0.05) is 19.6 Å². The van der Waals surface area contributed by atoms with Crippen molar-refractivity contribution in [3.8, 4) is 0 Å². The Balaban J connectivity index is 1.92. The molecule has 0 aromatic heterocycles. The number of nitrogens with one attached hydrogen (secondary N) is 2. The summed E-state index contributed by atoms with van der Waals surface area (Å²) in [4.78, 5) is 19.2. The number of amides is 1. The van der Waals surface area contributed by atoms with Gasteiger partial charge >= 0.3 is 6.09 Å². The molecule has 0 saturated carbocycles. The van der Waals surface area contributed by atoms with Crippen molar-refractivity contribution in [3.05, 3.63) is 35.4 Å². The molecule has 1 aromatic rings. The number of rotatable bonds is 9. The zero-order valence-corrected chi connectivity index (χ0v) is 20.3. The van der Waals surface area contributed by atoms with Gasteiger partial charge in [0.25, 0.3) is 0 Å². The minimum Gasteiger partial charge on any atom is -0.444 e. The Bertz CT molecular complexity index is 722. The van der Waals surface area contributed by atoms with Gasteiger partial charge in [0.05, 0.1) is 25.8 Å². The van der Waals surface area contributed by atoms with Crippen LogP contribution in [0.4, 0.5) is 4.79 Å². The summed E-state index contributed by atoms with van der Waals surface area (Å²) >= 11 is 0. The molecule has 0 aliphatic carbocycles. The third-order valence-electron chi connectivity index (χ3n) is 5.20. The number of carbonyl (C=O) groups excluding carboxylic acids is 1. The summed E-state index contributed by atoms with van der Waals surface area (Å²) in [7, 11) is 0. The lowest BCUT2D eigenvalue weighted by atomic mass is 9.99. The van der Waals surface area contributed by atoms with Gasteiger partial charge in [0.1, 0.15) is 5.60 Å². The molecule has 0 radical (unpaired) electrons. The maximum absolute atomic E-state index is 12.4. The lowest BCUT2D eigenvalue weighted by Gasteiger charge is -2.26. The van der Waals surface area contributed by atoms with Crippen LogP contribution in [0.3, 0.4) is 0 Å². The fourth-order valence-corrected chi connectivity index (χ4v) is 3.39. The Hall–Kier alpha value is -2.32. The van der Waals surface area contributed by atoms with E-state index in [0.29, 0.717) is 18.4 Å². The average Bonchev–Trinajstić information content (AvgIpc) is 2.73. The molecule has 0 spiro atoms. The van der Waals surface area contributed by atoms with Crippen molar-refractivity contribution < 1.29 is 14.3 Å². The molecule has 180 valence electrons. The van der Waals surface area contributed by atoms with Crippen molar-refractivity contribution >= 4 is 12.1 Å². The Labute approximate surface area is 192 Å². The van der Waals surface area contributed by atoms with Gasteiger partial charge in [-0.1, -0.05) is 38.1 Å². The van der Waals surface area contributed by atoms with Crippen molar-refractivity contribution in [1.29, 1.82) is 0 Å². The molecule has 1 aromatic carbocycles. The number of benzene rings is 1. The summed E-state index contributed by atoms with van der Waals surface area (Å²) in [5, 5.41) is 6.10. The molecule has 1 atom stereocenters. The number of carbonyl (C=O) groups is 1. The summed E-state index contributed by atoms with van der Waals surface area (Å²) < 4.78 is 10.8. The highest BCUT2D eigenvalue weighted by atomic mass is 16.6. The number of alkyl carbamates (subject to hydrolysis) is 1. The predicted octanol–water partition coefficient (Wildman–Crippen LogP) is 3.00. The molecule has 32 heavy (non-hydrogen) atoms. The lowest BCUT2D eigenvalue weighted by molar-refractivity contribution is 0.0376. The van der Waals surface area contributed by atoms with Gasteiger partial charge in [0.15, 0.2) is 5.96 Å². The molecule has 8 nitrogen and oxygen atoms in total. The van der Waals surface area contributed by atoms with Crippen LogP contribution in [0, 0.1) is 0 Å². The molecule has 1 saturated heterocycles. The third-order valence-corrected chi connectivity index (χ3v) is 5.20. The van der Waals surface area contributed by atoms with Crippen molar-refractivity contribution in [2.24, 2.45) is 10.7 Å². The fourth-order valence-electron chi connectivity index (χ4n) is 3.39. The zero-order valence-electron chi connectivity index (χ0n) is 20.3. The number of guanidine groups is 1. The number of ether oxygens (including phenoxy) is 2. The first-order valence-corrected chi connectivity index (χ1v) is 11.6. The smallest absolute Gasteiger partial charge is 0.408 e. The Morgan fingerprint density at radius 1 is 1.19 bits per heavy atom. The summed E-state index contributed by atoms with van der Waals surface area (Å²) in [5.41, 5.74) is 7.72. The molecule has 1 amide bonds. The Kier molecular flexibility index (Phi) is 10.3. The number of nitrogens with two attached hydrogens (primary N) is 1. The zero-order chi connectivity index (χ0) is 23.6. The molecule has 2 rings (SSSR count). The maximum Gasteiger partial charge on any atom is 0.408 e. The van der Waals surface area contributed by atoms with Gasteiger partial charge in [-0.25, -0.2) is 4.79 Å². The van der Waals surface area contributed by atoms with Crippen LogP contribution in [-0.4, -0.2) is 68.5 Å². The number of nitrogens with zero attached hydrogens (tertiary/aromatic N) is 2. The van der Waals surface area contributed by atoms with Gasteiger partial charge in [-0.2, -0.15) is 0 Å². The number of aliphatic imine (C=N–C) groups is 1. The summed E-state index contributed by atoms with van der Waals surface area (Å²) in [5.74, 6) is 0.818. The van der Waals surface area contributed by atoms with Gasteiger partial charge in [-0.3, -0.25) is 9.89 Å². The third kappa shape index (κ3) is 9.87. The first kappa shape index (κ1) is 25.9. The van der Waals surface area contributed by atoms with Crippen LogP contribution >= 0.6 is 0 Å². The highest BCUT2D eigenvalue weighted by molar-refractivity contribution is 5.77. The van der Waals surface area contributed by atoms with E-state index < -0.39 is 11.7 Å². The lowest BCUT2D eigenvalue weighted by Crippen LogP contribution is -2.39. The van der Waals surface area contributed by atoms with Crippen LogP contribution in [0.5, 0.6) is 0 Å². The Morgan fingerprint density at radius 3 is 2.41 bits per heavy atom. The van der Waals surface area contributed by atoms with Crippen LogP contribution in [-0.2, 0) is 9.47 Å². The fraction of sp³-hybridized carbons (Fsp3) is 0.667. The van der Waals surface area contributed by atoms with Crippen LogP contribution in [0.1, 0.15) is 64.1 Å². The maximum atomic E-state index is 12.4. The van der Waals surface area contributed by atoms with Gasteiger partial charge in [-0.15, -0.1) is 0 Å². The number of morpholine rings is 1. The normalized spacial score (nSPS) is 16.6. The molecule has 8 heteroatoms. The van der Waals surface area contributed by atoms with Gasteiger partial charge in [0.2, 0.25) is 0 Å². The summed E-state index contributed by atoms with van der Waals surface area (Å²) in [6, 6.07) is 7.89. The van der Waals surface area contributed by atoms with E-state index in [1.165, 1.54) is 5.56 Å². The van der Waals surface area contributed by atoms with Crippen molar-refractivity contribution in [1.82, 2.24) is 15.5 Å². The van der Waals surface area contributed by atoms with Crippen molar-refractivity contribution in [2.45, 2.75) is 58.6 Å². The van der Waals surface area contributed by atoms with Crippen LogP contribution in [0.2, 0.25) is 0 Å². The second kappa shape index (κ2) is 12.6. The Morgan fingerprint density at radius 2 is 1.81 bits per heavy atom. The molecule has 1 heterocycles. The van der Waals surface area contributed by atoms with E-state index in [2.05, 4.69) is 46.5 Å². The largest absolute Gasteiger partial charge is 0.444 e. The van der Waals surface area contributed by atoms with E-state index in [9.17, 15) is 4.79 Å². The van der Waals surface area contributed by atoms with E-state index in [1.807, 2.05) is 32.9 Å². The molecule has 0 bridgehead atoms. The first-order chi connectivity index (χ1) is 15.1. The minimum absolute atomic E-state index is 0.322. The molecule has 1 aliphatic rings. The van der Waals surface area contributed by atoms with Crippen LogP contribution in [0.25, 0.3) is 0 Å². The van der Waals surface area contributed by atoms with Gasteiger partial charge < -0.3 is 25.8 Å². The molecular weight excluding hydrogens is 406 g/mol. The molecule has 1 aliphatic heterocycles. The van der Waals surface area contributed by atoms with Crippen LogP contribution in [0.15, 0.2) is 29.3 Å². The van der Waals surface area contributed by atoms with E-state index >= 15 is 0 Å². The number of hydrogen-bond donors (Lipinski definition) is 3. The van der Waals surface area contributed by atoms with Crippen LogP contribution < -0.4 is 16.4 Å². The molecular formula is C24H41N5O3. The molecule has 1 unspecified atom stereocenters. The van der Waals surface area contributed by atoms with Crippen molar-refractivity contribution in [3.63, 3.8) is 0 Å². The molecule has 1 fully saturated rings. The summed E-state index contributed by atoms with van der Waals surface area (Å²) in [6.07, 6.45) is 0.509. The van der Waals surface area contributed by atoms with E-state index in [0.717, 1.165) is 51.4 Å². The SMILES string of the molecule is CC(C)c1ccc(C(CN=C(N)NCCCN2CCOCC2)NC(=O)OC(C)(C)C)cc1. The monoisotopic (exact) mass is 447 g/mol. The second-order valence-corrected chi connectivity index (χ2v) is 9.48. The average molecular weight is 448 g/mol. The minimum atomic E-state index is -0.569. The standard InChI is InChI=1S/C24H41N5O3/c1-18(2)19-7-9-20(10-8-19)21(28-23(30)32-24(3,4)5)17-27-22(25)26-11-6-12-29-13-15-31-16-14-29/h7-10,18,21H,6,11-17H2,1-5H3,(H,28,30)(H3,25,26,27). The molecule has 4 N–H and O–H groups in total. The van der Waals surface area contributed by atoms with Gasteiger partial charge in [-0.05, 0) is 50.8 Å². The van der Waals surface area contributed by atoms with E-state index in [1.54, 1.807) is 0 Å².